The lowest BCUT2D eigenvalue weighted by Gasteiger charge is -2.05. The van der Waals surface area contributed by atoms with E-state index in [1.807, 2.05) is 26.8 Å². The molecule has 0 bridgehead atoms. The standard InChI is InChI=1S/C14H20FN/c1-5-7-13(10-16)14(9-15)8-12(4)11(3)6-2/h6-8,10,16H,2,5,9H2,1,3-4H3/b12-11-,13-7+,14-8+,16-10?. The lowest BCUT2D eigenvalue weighted by molar-refractivity contribution is 0.548. The Kier molecular flexibility index (Phi) is 7.10. The summed E-state index contributed by atoms with van der Waals surface area (Å²) in [6.07, 6.45) is 7.38. The number of hydrogen-bond donors (Lipinski definition) is 1. The monoisotopic (exact) mass is 221 g/mol. The smallest absolute Gasteiger partial charge is 0.115 e. The van der Waals surface area contributed by atoms with E-state index < -0.39 is 6.67 Å². The SMILES string of the molecule is C=C\C(C)=C(C)/C=C(CF)/C(C=N)=C/CC. The van der Waals surface area contributed by atoms with Gasteiger partial charge in [-0.2, -0.15) is 0 Å². The lowest BCUT2D eigenvalue weighted by Crippen LogP contribution is -1.95. The Balaban J connectivity index is 5.28. The Morgan fingerprint density at radius 2 is 1.94 bits per heavy atom. The summed E-state index contributed by atoms with van der Waals surface area (Å²) in [7, 11) is 0. The van der Waals surface area contributed by atoms with E-state index >= 15 is 0 Å². The third kappa shape index (κ3) is 4.39. The van der Waals surface area contributed by atoms with Crippen LogP contribution in [0.4, 0.5) is 4.39 Å². The van der Waals surface area contributed by atoms with E-state index in [1.165, 1.54) is 6.21 Å². The third-order valence-electron chi connectivity index (χ3n) is 2.41. The van der Waals surface area contributed by atoms with Gasteiger partial charge in [-0.1, -0.05) is 31.7 Å². The minimum atomic E-state index is -0.553. The minimum Gasteiger partial charge on any atom is -0.308 e. The van der Waals surface area contributed by atoms with Crippen molar-refractivity contribution in [1.82, 2.24) is 0 Å². The zero-order valence-electron chi connectivity index (χ0n) is 10.3. The fraction of sp³-hybridized carbons (Fsp3) is 0.357. The van der Waals surface area contributed by atoms with Gasteiger partial charge >= 0.3 is 0 Å². The maximum absolute atomic E-state index is 12.9. The van der Waals surface area contributed by atoms with E-state index in [1.54, 1.807) is 12.2 Å². The van der Waals surface area contributed by atoms with Crippen LogP contribution in [0.3, 0.4) is 0 Å². The maximum atomic E-state index is 12.9. The molecular formula is C14H20FN. The van der Waals surface area contributed by atoms with Gasteiger partial charge in [0.25, 0.3) is 0 Å². The highest BCUT2D eigenvalue weighted by atomic mass is 19.1. The molecule has 1 nitrogen and oxygen atoms in total. The van der Waals surface area contributed by atoms with Crippen LogP contribution in [0.25, 0.3) is 0 Å². The molecule has 0 unspecified atom stereocenters. The van der Waals surface area contributed by atoms with Crippen LogP contribution in [0, 0.1) is 5.41 Å². The summed E-state index contributed by atoms with van der Waals surface area (Å²) < 4.78 is 12.9. The van der Waals surface area contributed by atoms with E-state index in [-0.39, 0.29) is 0 Å². The summed E-state index contributed by atoms with van der Waals surface area (Å²) in [5.41, 5.74) is 3.20. The van der Waals surface area contributed by atoms with Crippen molar-refractivity contribution in [2.45, 2.75) is 27.2 Å². The summed E-state index contributed by atoms with van der Waals surface area (Å²) in [5, 5.41) is 7.26. The molecule has 0 radical (unpaired) electrons. The predicted octanol–water partition coefficient (Wildman–Crippen LogP) is 4.39. The second-order valence-corrected chi connectivity index (χ2v) is 3.59. The molecule has 0 aliphatic rings. The molecule has 0 fully saturated rings. The largest absolute Gasteiger partial charge is 0.308 e. The average molecular weight is 221 g/mol. The van der Waals surface area contributed by atoms with Crippen LogP contribution < -0.4 is 0 Å². The first-order chi connectivity index (χ1) is 7.60. The molecule has 88 valence electrons. The first-order valence-corrected chi connectivity index (χ1v) is 5.38. The molecule has 0 aliphatic heterocycles. The van der Waals surface area contributed by atoms with Crippen LogP contribution in [0.1, 0.15) is 27.2 Å². The molecule has 0 saturated heterocycles. The zero-order chi connectivity index (χ0) is 12.6. The summed E-state index contributed by atoms with van der Waals surface area (Å²) >= 11 is 0. The van der Waals surface area contributed by atoms with Gasteiger partial charge in [-0.05, 0) is 42.6 Å². The molecule has 0 spiro atoms. The number of rotatable bonds is 6. The molecule has 2 heteroatoms. The molecule has 1 N–H and O–H groups in total. The minimum absolute atomic E-state index is 0.551. The summed E-state index contributed by atoms with van der Waals surface area (Å²) in [6.45, 7) is 8.94. The van der Waals surface area contributed by atoms with Crippen LogP contribution >= 0.6 is 0 Å². The van der Waals surface area contributed by atoms with Gasteiger partial charge < -0.3 is 5.41 Å². The zero-order valence-corrected chi connectivity index (χ0v) is 10.3. The molecule has 0 amide bonds. The van der Waals surface area contributed by atoms with Crippen molar-refractivity contribution >= 4 is 6.21 Å². The van der Waals surface area contributed by atoms with Gasteiger partial charge in [0, 0.05) is 6.21 Å². The van der Waals surface area contributed by atoms with Crippen LogP contribution in [0.15, 0.2) is 47.1 Å². The Morgan fingerprint density at radius 1 is 1.31 bits per heavy atom. The number of nitrogens with one attached hydrogen (secondary N) is 1. The topological polar surface area (TPSA) is 23.9 Å². The Morgan fingerprint density at radius 3 is 2.31 bits per heavy atom. The van der Waals surface area contributed by atoms with E-state index in [0.29, 0.717) is 11.1 Å². The number of halogens is 1. The quantitative estimate of drug-likeness (QED) is 0.508. The average Bonchev–Trinajstić information content (AvgIpc) is 2.31. The molecular weight excluding hydrogens is 201 g/mol. The van der Waals surface area contributed by atoms with Crippen molar-refractivity contribution in [3.05, 3.63) is 47.1 Å². The Bertz CT molecular complexity index is 346. The van der Waals surface area contributed by atoms with Crippen molar-refractivity contribution < 1.29 is 4.39 Å². The molecule has 0 heterocycles. The Labute approximate surface area is 97.6 Å². The number of allylic oxidation sites excluding steroid dienone is 7. The molecule has 0 atom stereocenters. The second kappa shape index (κ2) is 7.80. The van der Waals surface area contributed by atoms with E-state index in [2.05, 4.69) is 6.58 Å². The molecule has 0 aromatic heterocycles. The van der Waals surface area contributed by atoms with Crippen molar-refractivity contribution in [3.63, 3.8) is 0 Å². The van der Waals surface area contributed by atoms with Gasteiger partial charge in [-0.15, -0.1) is 0 Å². The first-order valence-electron chi connectivity index (χ1n) is 5.38. The maximum Gasteiger partial charge on any atom is 0.115 e. The fourth-order valence-corrected chi connectivity index (χ4v) is 1.24. The second-order valence-electron chi connectivity index (χ2n) is 3.59. The predicted molar refractivity (Wildman–Crippen MR) is 69.8 cm³/mol. The molecule has 0 aliphatic carbocycles. The van der Waals surface area contributed by atoms with Gasteiger partial charge in [0.1, 0.15) is 6.67 Å². The van der Waals surface area contributed by atoms with Crippen LogP contribution in [-0.4, -0.2) is 12.9 Å². The number of hydrogen-bond acceptors (Lipinski definition) is 1. The van der Waals surface area contributed by atoms with Crippen molar-refractivity contribution in [3.8, 4) is 0 Å². The van der Waals surface area contributed by atoms with Crippen LogP contribution in [-0.2, 0) is 0 Å². The van der Waals surface area contributed by atoms with Gasteiger partial charge in [0.2, 0.25) is 0 Å². The van der Waals surface area contributed by atoms with Gasteiger partial charge in [-0.3, -0.25) is 0 Å². The van der Waals surface area contributed by atoms with Gasteiger partial charge in [0.15, 0.2) is 0 Å². The van der Waals surface area contributed by atoms with Crippen molar-refractivity contribution in [2.24, 2.45) is 0 Å². The molecule has 0 aromatic carbocycles. The highest BCUT2D eigenvalue weighted by Gasteiger charge is 2.02. The third-order valence-corrected chi connectivity index (χ3v) is 2.41. The van der Waals surface area contributed by atoms with E-state index in [4.69, 9.17) is 5.41 Å². The van der Waals surface area contributed by atoms with Crippen molar-refractivity contribution in [2.75, 3.05) is 6.67 Å². The summed E-state index contributed by atoms with van der Waals surface area (Å²) in [6, 6.07) is 0. The van der Waals surface area contributed by atoms with Gasteiger partial charge in [-0.25, -0.2) is 4.39 Å². The highest BCUT2D eigenvalue weighted by molar-refractivity contribution is 5.82. The van der Waals surface area contributed by atoms with Crippen LogP contribution in [0.2, 0.25) is 0 Å². The van der Waals surface area contributed by atoms with E-state index in [0.717, 1.165) is 17.6 Å². The first kappa shape index (κ1) is 14.6. The number of alkyl halides is 1. The summed E-state index contributed by atoms with van der Waals surface area (Å²) in [4.78, 5) is 0. The van der Waals surface area contributed by atoms with Crippen molar-refractivity contribution in [1.29, 1.82) is 5.41 Å². The lowest BCUT2D eigenvalue weighted by atomic mass is 10.0. The molecule has 0 saturated carbocycles. The van der Waals surface area contributed by atoms with Gasteiger partial charge in [0.05, 0.1) is 0 Å². The normalized spacial score (nSPS) is 14.5. The highest BCUT2D eigenvalue weighted by Crippen LogP contribution is 2.15. The molecule has 0 aromatic rings. The molecule has 16 heavy (non-hydrogen) atoms. The fourth-order valence-electron chi connectivity index (χ4n) is 1.24. The Hall–Kier alpha value is -1.44. The van der Waals surface area contributed by atoms with Crippen LogP contribution in [0.5, 0.6) is 0 Å². The van der Waals surface area contributed by atoms with E-state index in [9.17, 15) is 4.39 Å². The molecule has 0 rings (SSSR count). The summed E-state index contributed by atoms with van der Waals surface area (Å²) in [5.74, 6) is 0.